The molecule has 0 radical (unpaired) electrons. The van der Waals surface area contributed by atoms with E-state index in [1.165, 1.54) is 25.8 Å². The number of halogens is 2. The van der Waals surface area contributed by atoms with Crippen LogP contribution in [0.1, 0.15) is 38.5 Å². The van der Waals surface area contributed by atoms with Crippen molar-refractivity contribution in [2.24, 2.45) is 11.7 Å². The first-order valence-corrected chi connectivity index (χ1v) is 7.52. The van der Waals surface area contributed by atoms with Crippen molar-refractivity contribution in [3.05, 3.63) is 0 Å². The third-order valence-electron chi connectivity index (χ3n) is 4.97. The highest BCUT2D eigenvalue weighted by Crippen LogP contribution is 2.28. The second kappa shape index (κ2) is 7.83. The van der Waals surface area contributed by atoms with E-state index in [4.69, 9.17) is 5.73 Å². The average Bonchev–Trinajstić information content (AvgIpc) is 2.84. The maximum absolute atomic E-state index is 12.5. The molecule has 2 saturated heterocycles. The summed E-state index contributed by atoms with van der Waals surface area (Å²) >= 11 is 0. The van der Waals surface area contributed by atoms with Crippen molar-refractivity contribution in [3.63, 3.8) is 0 Å². The Balaban J connectivity index is 0.000001000. The van der Waals surface area contributed by atoms with E-state index >= 15 is 0 Å². The first-order valence-electron chi connectivity index (χ1n) is 7.52. The highest BCUT2D eigenvalue weighted by molar-refractivity contribution is 5.85. The highest BCUT2D eigenvalue weighted by atomic mass is 35.5. The van der Waals surface area contributed by atoms with Gasteiger partial charge in [-0.25, -0.2) is 0 Å². The molecule has 2 N–H and O–H groups in total. The Hall–Kier alpha value is -0.0300. The minimum atomic E-state index is 0. The number of piperazine rings is 1. The van der Waals surface area contributed by atoms with Crippen LogP contribution >= 0.6 is 24.8 Å². The Bertz CT molecular complexity index is 330. The van der Waals surface area contributed by atoms with E-state index in [0.717, 1.165) is 38.9 Å². The zero-order valence-electron chi connectivity index (χ0n) is 12.0. The van der Waals surface area contributed by atoms with E-state index in [1.54, 1.807) is 0 Å². The van der Waals surface area contributed by atoms with Gasteiger partial charge in [0.05, 0.1) is 0 Å². The number of carbonyl (C=O) groups excluding carboxylic acids is 1. The monoisotopic (exact) mass is 323 g/mol. The molecule has 0 aromatic heterocycles. The van der Waals surface area contributed by atoms with Gasteiger partial charge < -0.3 is 10.6 Å². The Morgan fingerprint density at radius 3 is 2.50 bits per heavy atom. The number of amides is 1. The third kappa shape index (κ3) is 3.79. The number of fused-ring (bicyclic) bond motifs is 1. The molecular formula is C14H27Cl2N3O. The van der Waals surface area contributed by atoms with Gasteiger partial charge in [0.15, 0.2) is 0 Å². The molecule has 0 aromatic carbocycles. The summed E-state index contributed by atoms with van der Waals surface area (Å²) in [6.07, 6.45) is 6.88. The number of rotatable bonds is 1. The lowest BCUT2D eigenvalue weighted by Crippen LogP contribution is -2.57. The quantitative estimate of drug-likeness (QED) is 0.798. The molecule has 1 saturated carbocycles. The fraction of sp³-hybridized carbons (Fsp3) is 0.929. The summed E-state index contributed by atoms with van der Waals surface area (Å²) in [5, 5.41) is 0. The number of nitrogens with zero attached hydrogens (tertiary/aromatic N) is 2. The van der Waals surface area contributed by atoms with Gasteiger partial charge >= 0.3 is 0 Å². The van der Waals surface area contributed by atoms with Crippen LogP contribution in [0.15, 0.2) is 0 Å². The van der Waals surface area contributed by atoms with Crippen LogP contribution < -0.4 is 5.73 Å². The predicted molar refractivity (Wildman–Crippen MR) is 85.6 cm³/mol. The van der Waals surface area contributed by atoms with Crippen molar-refractivity contribution in [2.75, 3.05) is 26.2 Å². The largest absolute Gasteiger partial charge is 0.340 e. The minimum absolute atomic E-state index is 0. The van der Waals surface area contributed by atoms with Crippen LogP contribution in [0.4, 0.5) is 0 Å². The van der Waals surface area contributed by atoms with E-state index in [1.807, 2.05) is 0 Å². The molecule has 20 heavy (non-hydrogen) atoms. The first kappa shape index (κ1) is 18.0. The average molecular weight is 324 g/mol. The predicted octanol–water partition coefficient (Wildman–Crippen LogP) is 1.65. The number of piperidine rings is 1. The van der Waals surface area contributed by atoms with Crippen molar-refractivity contribution in [1.82, 2.24) is 9.80 Å². The summed E-state index contributed by atoms with van der Waals surface area (Å²) in [7, 11) is 0. The van der Waals surface area contributed by atoms with E-state index in [2.05, 4.69) is 9.80 Å². The molecule has 0 spiro atoms. The van der Waals surface area contributed by atoms with Crippen molar-refractivity contribution in [1.29, 1.82) is 0 Å². The molecular weight excluding hydrogens is 297 g/mol. The number of nitrogens with two attached hydrogens (primary N) is 1. The summed E-state index contributed by atoms with van der Waals surface area (Å²) in [6.45, 7) is 4.21. The highest BCUT2D eigenvalue weighted by Gasteiger charge is 2.35. The summed E-state index contributed by atoms with van der Waals surface area (Å²) in [5.41, 5.74) is 5.92. The van der Waals surface area contributed by atoms with E-state index in [9.17, 15) is 4.79 Å². The topological polar surface area (TPSA) is 49.6 Å². The van der Waals surface area contributed by atoms with Crippen LogP contribution in [0.25, 0.3) is 0 Å². The lowest BCUT2D eigenvalue weighted by atomic mass is 9.98. The summed E-state index contributed by atoms with van der Waals surface area (Å²) in [5.74, 6) is 0.600. The maximum atomic E-state index is 12.5. The van der Waals surface area contributed by atoms with Gasteiger partial charge in [-0.05, 0) is 38.6 Å². The molecule has 6 heteroatoms. The first-order chi connectivity index (χ1) is 8.74. The summed E-state index contributed by atoms with van der Waals surface area (Å²) in [4.78, 5) is 17.2. The Morgan fingerprint density at radius 1 is 1.00 bits per heavy atom. The minimum Gasteiger partial charge on any atom is -0.340 e. The van der Waals surface area contributed by atoms with Crippen LogP contribution in [0.3, 0.4) is 0 Å². The van der Waals surface area contributed by atoms with E-state index < -0.39 is 0 Å². The molecule has 1 aliphatic carbocycles. The van der Waals surface area contributed by atoms with Crippen molar-refractivity contribution in [2.45, 2.75) is 50.6 Å². The smallest absolute Gasteiger partial charge is 0.225 e. The van der Waals surface area contributed by atoms with Crippen molar-refractivity contribution >= 4 is 30.7 Å². The van der Waals surface area contributed by atoms with Gasteiger partial charge in [-0.2, -0.15) is 0 Å². The van der Waals surface area contributed by atoms with Gasteiger partial charge in [0.2, 0.25) is 5.91 Å². The van der Waals surface area contributed by atoms with Crippen LogP contribution in [0.2, 0.25) is 0 Å². The van der Waals surface area contributed by atoms with Crippen LogP contribution in [-0.4, -0.2) is 54.0 Å². The number of hydrogen-bond donors (Lipinski definition) is 1. The van der Waals surface area contributed by atoms with Gasteiger partial charge in [0.1, 0.15) is 0 Å². The van der Waals surface area contributed by atoms with E-state index in [0.29, 0.717) is 11.9 Å². The molecule has 3 aliphatic rings. The number of carbonyl (C=O) groups is 1. The Kier molecular flexibility index (Phi) is 7.06. The van der Waals surface area contributed by atoms with Crippen LogP contribution in [-0.2, 0) is 4.79 Å². The second-order valence-electron chi connectivity index (χ2n) is 6.24. The molecule has 2 heterocycles. The molecule has 118 valence electrons. The van der Waals surface area contributed by atoms with Gasteiger partial charge in [-0.3, -0.25) is 9.69 Å². The number of hydrogen-bond acceptors (Lipinski definition) is 3. The zero-order chi connectivity index (χ0) is 12.5. The molecule has 2 aliphatic heterocycles. The third-order valence-corrected chi connectivity index (χ3v) is 4.97. The van der Waals surface area contributed by atoms with Crippen LogP contribution in [0.5, 0.6) is 0 Å². The molecule has 0 aromatic rings. The molecule has 3 fully saturated rings. The van der Waals surface area contributed by atoms with Gasteiger partial charge in [-0.1, -0.05) is 6.42 Å². The fourth-order valence-corrected chi connectivity index (χ4v) is 3.86. The standard InChI is InChI=1S/C14H25N3O.2ClH/c15-12-5-4-11(9-12)14(18)17-8-7-16-6-2-1-3-13(16)10-17;;/h11-13H,1-10,15H2;2*1H. The van der Waals surface area contributed by atoms with E-state index in [-0.39, 0.29) is 36.8 Å². The molecule has 1 amide bonds. The molecule has 0 bridgehead atoms. The molecule has 3 atom stereocenters. The summed E-state index contributed by atoms with van der Waals surface area (Å²) < 4.78 is 0. The van der Waals surface area contributed by atoms with Crippen LogP contribution in [0, 0.1) is 5.92 Å². The Morgan fingerprint density at radius 2 is 1.80 bits per heavy atom. The lowest BCUT2D eigenvalue weighted by molar-refractivity contribution is -0.139. The second-order valence-corrected chi connectivity index (χ2v) is 6.24. The molecule has 4 nitrogen and oxygen atoms in total. The summed E-state index contributed by atoms with van der Waals surface area (Å²) in [6, 6.07) is 0.890. The maximum Gasteiger partial charge on any atom is 0.225 e. The lowest BCUT2D eigenvalue weighted by Gasteiger charge is -2.44. The normalized spacial score (nSPS) is 33.9. The fourth-order valence-electron chi connectivity index (χ4n) is 3.86. The Labute approximate surface area is 134 Å². The van der Waals surface area contributed by atoms with Crippen molar-refractivity contribution in [3.8, 4) is 0 Å². The molecule has 3 rings (SSSR count). The van der Waals surface area contributed by atoms with Gasteiger partial charge in [0.25, 0.3) is 0 Å². The van der Waals surface area contributed by atoms with Gasteiger partial charge in [-0.15, -0.1) is 24.8 Å². The molecule has 3 unspecified atom stereocenters. The zero-order valence-corrected chi connectivity index (χ0v) is 13.6. The van der Waals surface area contributed by atoms with Crippen molar-refractivity contribution < 1.29 is 4.79 Å². The SMILES string of the molecule is Cl.Cl.NC1CCC(C(=O)N2CCN3CCCCC3C2)C1. The van der Waals surface area contributed by atoms with Gasteiger partial charge in [0, 0.05) is 37.6 Å².